The van der Waals surface area contributed by atoms with Gasteiger partial charge in [0.2, 0.25) is 5.91 Å². The van der Waals surface area contributed by atoms with Crippen LogP contribution in [0, 0.1) is 0 Å². The largest absolute Gasteiger partial charge is 0.451 e. The van der Waals surface area contributed by atoms with Crippen molar-refractivity contribution < 1.29 is 19.1 Å². The lowest BCUT2D eigenvalue weighted by Gasteiger charge is -2.22. The standard InChI is InChI=1S/C18H20N4O4S/c1-2-9-20-18-21-14(12-27-18)17(25)26-11-16(24)22(10-8-15(19)23)13-6-4-3-5-7-13/h2-7,12H,1,8-11H2,(H2,19,23)(H,20,21). The number of nitrogens with zero attached hydrogens (tertiary/aromatic N) is 2. The molecule has 1 heterocycles. The van der Waals surface area contributed by atoms with Gasteiger partial charge in [-0.2, -0.15) is 0 Å². The molecule has 0 radical (unpaired) electrons. The molecule has 8 nitrogen and oxygen atoms in total. The molecule has 2 amide bonds. The van der Waals surface area contributed by atoms with Gasteiger partial charge in [0.15, 0.2) is 17.4 Å². The summed E-state index contributed by atoms with van der Waals surface area (Å²) in [6.45, 7) is 3.73. The number of hydrogen-bond acceptors (Lipinski definition) is 7. The van der Waals surface area contributed by atoms with Crippen LogP contribution >= 0.6 is 11.3 Å². The van der Waals surface area contributed by atoms with Crippen LogP contribution in [-0.2, 0) is 14.3 Å². The summed E-state index contributed by atoms with van der Waals surface area (Å²) in [5.74, 6) is -1.69. The molecule has 0 saturated carbocycles. The molecular formula is C18H20N4O4S. The highest BCUT2D eigenvalue weighted by Crippen LogP contribution is 2.17. The second-order valence-corrected chi connectivity index (χ2v) is 6.24. The number of nitrogens with two attached hydrogens (primary N) is 1. The van der Waals surface area contributed by atoms with Crippen LogP contribution in [0.25, 0.3) is 0 Å². The van der Waals surface area contributed by atoms with Gasteiger partial charge in [0.05, 0.1) is 0 Å². The van der Waals surface area contributed by atoms with Gasteiger partial charge in [0.1, 0.15) is 0 Å². The highest BCUT2D eigenvalue weighted by Gasteiger charge is 2.20. The molecule has 2 rings (SSSR count). The molecule has 2 aromatic rings. The Balaban J connectivity index is 1.97. The monoisotopic (exact) mass is 388 g/mol. The molecule has 0 fully saturated rings. The van der Waals surface area contributed by atoms with Crippen molar-refractivity contribution in [3.05, 3.63) is 54.1 Å². The molecule has 0 aliphatic carbocycles. The van der Waals surface area contributed by atoms with Crippen molar-refractivity contribution in [3.8, 4) is 0 Å². The highest BCUT2D eigenvalue weighted by atomic mass is 32.1. The third-order valence-corrected chi connectivity index (χ3v) is 4.19. The fraction of sp³-hybridized carbons (Fsp3) is 0.222. The number of nitrogens with one attached hydrogen (secondary N) is 1. The minimum Gasteiger partial charge on any atom is -0.451 e. The van der Waals surface area contributed by atoms with Crippen molar-refractivity contribution in [2.75, 3.05) is 29.9 Å². The maximum atomic E-state index is 12.5. The quantitative estimate of drug-likeness (QED) is 0.474. The SMILES string of the molecule is C=CCNc1nc(C(=O)OCC(=O)N(CCC(N)=O)c2ccccc2)cs1. The Bertz CT molecular complexity index is 807. The number of amides is 2. The summed E-state index contributed by atoms with van der Waals surface area (Å²) in [5.41, 5.74) is 5.87. The van der Waals surface area contributed by atoms with Crippen molar-refractivity contribution in [2.45, 2.75) is 6.42 Å². The van der Waals surface area contributed by atoms with Gasteiger partial charge in [0, 0.05) is 30.6 Å². The van der Waals surface area contributed by atoms with E-state index in [0.29, 0.717) is 17.4 Å². The van der Waals surface area contributed by atoms with Gasteiger partial charge in [-0.1, -0.05) is 24.3 Å². The molecule has 0 unspecified atom stereocenters. The van der Waals surface area contributed by atoms with Crippen molar-refractivity contribution >= 4 is 39.9 Å². The summed E-state index contributed by atoms with van der Waals surface area (Å²) in [6, 6.07) is 8.77. The van der Waals surface area contributed by atoms with Crippen LogP contribution in [0.3, 0.4) is 0 Å². The fourth-order valence-electron chi connectivity index (χ4n) is 2.12. The van der Waals surface area contributed by atoms with Crippen LogP contribution in [0.1, 0.15) is 16.9 Å². The van der Waals surface area contributed by atoms with Crippen molar-refractivity contribution in [1.82, 2.24) is 4.98 Å². The summed E-state index contributed by atoms with van der Waals surface area (Å²) < 4.78 is 5.07. The van der Waals surface area contributed by atoms with Crippen LogP contribution in [-0.4, -0.2) is 42.5 Å². The lowest BCUT2D eigenvalue weighted by atomic mass is 10.2. The van der Waals surface area contributed by atoms with E-state index in [-0.39, 0.29) is 18.7 Å². The molecule has 0 spiro atoms. The first kappa shape index (κ1) is 20.1. The lowest BCUT2D eigenvalue weighted by molar-refractivity contribution is -0.121. The molecule has 1 aromatic heterocycles. The second-order valence-electron chi connectivity index (χ2n) is 5.38. The van der Waals surface area contributed by atoms with E-state index in [2.05, 4.69) is 16.9 Å². The van der Waals surface area contributed by atoms with Crippen LogP contribution < -0.4 is 16.0 Å². The molecule has 0 aliphatic heterocycles. The molecular weight excluding hydrogens is 368 g/mol. The Morgan fingerprint density at radius 3 is 2.70 bits per heavy atom. The molecule has 0 bridgehead atoms. The van der Waals surface area contributed by atoms with Gasteiger partial charge in [-0.05, 0) is 12.1 Å². The molecule has 142 valence electrons. The van der Waals surface area contributed by atoms with E-state index in [1.165, 1.54) is 16.2 Å². The summed E-state index contributed by atoms with van der Waals surface area (Å²) in [5, 5.41) is 5.06. The fourth-order valence-corrected chi connectivity index (χ4v) is 2.80. The zero-order valence-electron chi connectivity index (χ0n) is 14.6. The highest BCUT2D eigenvalue weighted by molar-refractivity contribution is 7.13. The smallest absolute Gasteiger partial charge is 0.358 e. The van der Waals surface area contributed by atoms with Gasteiger partial charge in [-0.3, -0.25) is 9.59 Å². The number of thiazole rings is 1. The number of carbonyl (C=O) groups excluding carboxylic acids is 3. The predicted molar refractivity (Wildman–Crippen MR) is 104 cm³/mol. The summed E-state index contributed by atoms with van der Waals surface area (Å²) in [7, 11) is 0. The average molecular weight is 388 g/mol. The normalized spacial score (nSPS) is 10.1. The third-order valence-electron chi connectivity index (χ3n) is 3.39. The van der Waals surface area contributed by atoms with Crippen LogP contribution in [0.2, 0.25) is 0 Å². The number of esters is 1. The van der Waals surface area contributed by atoms with Crippen molar-refractivity contribution in [2.24, 2.45) is 5.73 Å². The molecule has 1 aromatic carbocycles. The minimum absolute atomic E-state index is 0.000992. The van der Waals surface area contributed by atoms with Crippen LogP contribution in [0.5, 0.6) is 0 Å². The number of para-hydroxylation sites is 1. The number of primary amides is 1. The average Bonchev–Trinajstić information content (AvgIpc) is 3.14. The molecule has 3 N–H and O–H groups in total. The van der Waals surface area contributed by atoms with E-state index in [1.807, 2.05) is 0 Å². The Morgan fingerprint density at radius 2 is 2.04 bits per heavy atom. The number of carbonyl (C=O) groups is 3. The summed E-state index contributed by atoms with van der Waals surface area (Å²) in [6.07, 6.45) is 1.67. The molecule has 0 aliphatic rings. The Morgan fingerprint density at radius 1 is 1.30 bits per heavy atom. The summed E-state index contributed by atoms with van der Waals surface area (Å²) >= 11 is 1.25. The van der Waals surface area contributed by atoms with Crippen LogP contribution in [0.4, 0.5) is 10.8 Å². The predicted octanol–water partition coefficient (Wildman–Crippen LogP) is 1.81. The minimum atomic E-state index is -0.700. The zero-order valence-corrected chi connectivity index (χ0v) is 15.4. The zero-order chi connectivity index (χ0) is 19.6. The van der Waals surface area contributed by atoms with Gasteiger partial charge < -0.3 is 20.7 Å². The number of hydrogen-bond donors (Lipinski definition) is 2. The van der Waals surface area contributed by atoms with E-state index >= 15 is 0 Å². The van der Waals surface area contributed by atoms with E-state index < -0.39 is 24.4 Å². The maximum absolute atomic E-state index is 12.5. The first-order valence-corrected chi connectivity index (χ1v) is 9.00. The third kappa shape index (κ3) is 6.23. The molecule has 0 atom stereocenters. The first-order chi connectivity index (χ1) is 13.0. The molecule has 27 heavy (non-hydrogen) atoms. The number of benzene rings is 1. The topological polar surface area (TPSA) is 115 Å². The molecule has 9 heteroatoms. The number of anilines is 2. The lowest BCUT2D eigenvalue weighted by Crippen LogP contribution is -2.37. The van der Waals surface area contributed by atoms with Gasteiger partial charge in [-0.25, -0.2) is 9.78 Å². The first-order valence-electron chi connectivity index (χ1n) is 8.12. The number of ether oxygens (including phenoxy) is 1. The summed E-state index contributed by atoms with van der Waals surface area (Å²) in [4.78, 5) is 41.1. The number of aromatic nitrogens is 1. The van der Waals surface area contributed by atoms with E-state index in [4.69, 9.17) is 10.5 Å². The van der Waals surface area contributed by atoms with E-state index in [1.54, 1.807) is 41.8 Å². The van der Waals surface area contributed by atoms with E-state index in [0.717, 1.165) is 0 Å². The Labute approximate surface area is 160 Å². The van der Waals surface area contributed by atoms with Crippen LogP contribution in [0.15, 0.2) is 48.4 Å². The molecule has 0 saturated heterocycles. The van der Waals surface area contributed by atoms with Crippen molar-refractivity contribution in [1.29, 1.82) is 0 Å². The second kappa shape index (κ2) is 10.1. The number of rotatable bonds is 10. The van der Waals surface area contributed by atoms with Crippen molar-refractivity contribution in [3.63, 3.8) is 0 Å². The van der Waals surface area contributed by atoms with Gasteiger partial charge >= 0.3 is 5.97 Å². The van der Waals surface area contributed by atoms with Gasteiger partial charge in [-0.15, -0.1) is 17.9 Å². The maximum Gasteiger partial charge on any atom is 0.358 e. The Kier molecular flexibility index (Phi) is 7.50. The van der Waals surface area contributed by atoms with Gasteiger partial charge in [0.25, 0.3) is 5.91 Å². The van der Waals surface area contributed by atoms with E-state index in [9.17, 15) is 14.4 Å². The Hall–Kier alpha value is -3.20.